The minimum absolute atomic E-state index is 0.00804. The van der Waals surface area contributed by atoms with E-state index in [1.807, 2.05) is 54.6 Å². The summed E-state index contributed by atoms with van der Waals surface area (Å²) in [6.07, 6.45) is 1.10. The summed E-state index contributed by atoms with van der Waals surface area (Å²) in [5.74, 6) is 1.08. The number of ether oxygens (including phenoxy) is 1. The summed E-state index contributed by atoms with van der Waals surface area (Å²) in [6, 6.07) is 21.8. The van der Waals surface area contributed by atoms with E-state index in [1.165, 1.54) is 5.56 Å². The average Bonchev–Trinajstić information content (AvgIpc) is 2.66. The van der Waals surface area contributed by atoms with Crippen molar-refractivity contribution in [3.8, 4) is 5.75 Å². The van der Waals surface area contributed by atoms with Gasteiger partial charge in [-0.15, -0.1) is 0 Å². The van der Waals surface area contributed by atoms with Crippen LogP contribution in [-0.4, -0.2) is 12.5 Å². The van der Waals surface area contributed by atoms with Gasteiger partial charge >= 0.3 is 0 Å². The molecule has 0 unspecified atom stereocenters. The van der Waals surface area contributed by atoms with E-state index in [1.54, 1.807) is 0 Å². The molecule has 1 amide bonds. The fourth-order valence-corrected chi connectivity index (χ4v) is 2.80. The third-order valence-corrected chi connectivity index (χ3v) is 4.50. The van der Waals surface area contributed by atoms with Crippen molar-refractivity contribution in [1.82, 2.24) is 0 Å². The van der Waals surface area contributed by atoms with Crippen LogP contribution in [0, 0.1) is 0 Å². The predicted octanol–water partition coefficient (Wildman–Crippen LogP) is 5.37. The number of benzene rings is 3. The van der Waals surface area contributed by atoms with Crippen LogP contribution in [0.5, 0.6) is 5.75 Å². The average molecular weight is 333 g/mol. The Kier molecular flexibility index (Phi) is 5.34. The van der Waals surface area contributed by atoms with Crippen molar-refractivity contribution in [2.75, 3.05) is 11.9 Å². The predicted molar refractivity (Wildman–Crippen MR) is 103 cm³/mol. The lowest BCUT2D eigenvalue weighted by atomic mass is 9.99. The molecule has 0 saturated carbocycles. The second-order valence-electron chi connectivity index (χ2n) is 6.24. The van der Waals surface area contributed by atoms with E-state index in [4.69, 9.17) is 4.74 Å². The van der Waals surface area contributed by atoms with Crippen LogP contribution < -0.4 is 10.1 Å². The van der Waals surface area contributed by atoms with E-state index in [0.29, 0.717) is 11.7 Å². The van der Waals surface area contributed by atoms with E-state index in [-0.39, 0.29) is 12.5 Å². The lowest BCUT2D eigenvalue weighted by molar-refractivity contribution is -0.118. The second kappa shape index (κ2) is 7.84. The van der Waals surface area contributed by atoms with Crippen molar-refractivity contribution in [2.24, 2.45) is 0 Å². The van der Waals surface area contributed by atoms with Gasteiger partial charge < -0.3 is 10.1 Å². The molecule has 3 aromatic carbocycles. The normalized spacial score (nSPS) is 11.9. The first-order chi connectivity index (χ1) is 12.2. The molecule has 0 aliphatic heterocycles. The van der Waals surface area contributed by atoms with Crippen molar-refractivity contribution in [1.29, 1.82) is 0 Å². The molecular formula is C22H23NO2. The standard InChI is InChI=1S/C22H23NO2/c1-3-16(2)17-11-13-19(14-12-17)25-15-22(24)23-21-10-6-8-18-7-4-5-9-20(18)21/h4-14,16H,3,15H2,1-2H3,(H,23,24)/t16-/m1/s1. The minimum Gasteiger partial charge on any atom is -0.484 e. The van der Waals surface area contributed by atoms with Gasteiger partial charge in [0, 0.05) is 11.1 Å². The van der Waals surface area contributed by atoms with Crippen LogP contribution in [0.15, 0.2) is 66.7 Å². The molecule has 3 nitrogen and oxygen atoms in total. The van der Waals surface area contributed by atoms with E-state index in [9.17, 15) is 4.79 Å². The topological polar surface area (TPSA) is 38.3 Å². The molecule has 3 rings (SSSR count). The summed E-state index contributed by atoms with van der Waals surface area (Å²) in [7, 11) is 0. The van der Waals surface area contributed by atoms with Crippen LogP contribution in [0.1, 0.15) is 31.7 Å². The lowest BCUT2D eigenvalue weighted by Gasteiger charge is -2.12. The van der Waals surface area contributed by atoms with Gasteiger partial charge in [0.25, 0.3) is 5.91 Å². The van der Waals surface area contributed by atoms with Crippen molar-refractivity contribution in [3.05, 3.63) is 72.3 Å². The van der Waals surface area contributed by atoms with E-state index in [0.717, 1.165) is 22.9 Å². The van der Waals surface area contributed by atoms with Crippen molar-refractivity contribution >= 4 is 22.4 Å². The number of carbonyl (C=O) groups is 1. The highest BCUT2D eigenvalue weighted by atomic mass is 16.5. The lowest BCUT2D eigenvalue weighted by Crippen LogP contribution is -2.20. The molecule has 0 radical (unpaired) electrons. The zero-order valence-corrected chi connectivity index (χ0v) is 14.7. The summed E-state index contributed by atoms with van der Waals surface area (Å²) < 4.78 is 5.61. The van der Waals surface area contributed by atoms with Crippen LogP contribution in [0.25, 0.3) is 10.8 Å². The Labute approximate surface area is 148 Å². The highest BCUT2D eigenvalue weighted by Crippen LogP contribution is 2.23. The number of anilines is 1. The molecular weight excluding hydrogens is 310 g/mol. The zero-order chi connectivity index (χ0) is 17.6. The largest absolute Gasteiger partial charge is 0.484 e. The molecule has 1 atom stereocenters. The fourth-order valence-electron chi connectivity index (χ4n) is 2.80. The van der Waals surface area contributed by atoms with E-state index in [2.05, 4.69) is 31.3 Å². The molecule has 0 spiro atoms. The quantitative estimate of drug-likeness (QED) is 0.658. The molecule has 0 bridgehead atoms. The van der Waals surface area contributed by atoms with Crippen LogP contribution in [0.3, 0.4) is 0 Å². The third kappa shape index (κ3) is 4.18. The highest BCUT2D eigenvalue weighted by molar-refractivity contribution is 6.02. The summed E-state index contributed by atoms with van der Waals surface area (Å²) in [5, 5.41) is 5.05. The molecule has 0 fully saturated rings. The summed E-state index contributed by atoms with van der Waals surface area (Å²) in [4.78, 5) is 12.2. The molecule has 3 aromatic rings. The number of amides is 1. The first-order valence-electron chi connectivity index (χ1n) is 8.67. The Morgan fingerprint density at radius 1 is 1.00 bits per heavy atom. The third-order valence-electron chi connectivity index (χ3n) is 4.50. The molecule has 128 valence electrons. The first-order valence-corrected chi connectivity index (χ1v) is 8.67. The number of carbonyl (C=O) groups excluding carboxylic acids is 1. The van der Waals surface area contributed by atoms with Gasteiger partial charge in [0.1, 0.15) is 5.75 Å². The number of hydrogen-bond acceptors (Lipinski definition) is 2. The Balaban J connectivity index is 1.61. The smallest absolute Gasteiger partial charge is 0.262 e. The van der Waals surface area contributed by atoms with Crippen LogP contribution in [0.2, 0.25) is 0 Å². The summed E-state index contributed by atoms with van der Waals surface area (Å²) in [5.41, 5.74) is 2.09. The monoisotopic (exact) mass is 333 g/mol. The van der Waals surface area contributed by atoms with Crippen molar-refractivity contribution < 1.29 is 9.53 Å². The van der Waals surface area contributed by atoms with Crippen molar-refractivity contribution in [3.63, 3.8) is 0 Å². The van der Waals surface area contributed by atoms with Gasteiger partial charge in [-0.05, 0) is 41.5 Å². The van der Waals surface area contributed by atoms with Gasteiger partial charge in [-0.2, -0.15) is 0 Å². The summed E-state index contributed by atoms with van der Waals surface area (Å²) >= 11 is 0. The maximum Gasteiger partial charge on any atom is 0.262 e. The van der Waals surface area contributed by atoms with Gasteiger partial charge in [0.05, 0.1) is 0 Å². The molecule has 0 aliphatic carbocycles. The number of rotatable bonds is 6. The minimum atomic E-state index is -0.164. The Hall–Kier alpha value is -2.81. The molecule has 0 heterocycles. The Bertz CT molecular complexity index is 850. The first kappa shape index (κ1) is 17.0. The molecule has 0 aliphatic rings. The maximum atomic E-state index is 12.2. The fraction of sp³-hybridized carbons (Fsp3) is 0.227. The number of fused-ring (bicyclic) bond motifs is 1. The Morgan fingerprint density at radius 2 is 1.72 bits per heavy atom. The molecule has 0 saturated heterocycles. The van der Waals surface area contributed by atoms with Gasteiger partial charge in [-0.1, -0.05) is 62.4 Å². The number of hydrogen-bond donors (Lipinski definition) is 1. The molecule has 25 heavy (non-hydrogen) atoms. The number of nitrogens with one attached hydrogen (secondary N) is 1. The van der Waals surface area contributed by atoms with Crippen LogP contribution >= 0.6 is 0 Å². The second-order valence-corrected chi connectivity index (χ2v) is 6.24. The zero-order valence-electron chi connectivity index (χ0n) is 14.7. The van der Waals surface area contributed by atoms with Crippen LogP contribution in [-0.2, 0) is 4.79 Å². The van der Waals surface area contributed by atoms with E-state index < -0.39 is 0 Å². The molecule has 1 N–H and O–H groups in total. The van der Waals surface area contributed by atoms with Crippen molar-refractivity contribution in [2.45, 2.75) is 26.2 Å². The summed E-state index contributed by atoms with van der Waals surface area (Å²) in [6.45, 7) is 4.37. The highest BCUT2D eigenvalue weighted by Gasteiger charge is 2.07. The van der Waals surface area contributed by atoms with Gasteiger partial charge in [0.15, 0.2) is 6.61 Å². The van der Waals surface area contributed by atoms with Gasteiger partial charge in [-0.25, -0.2) is 0 Å². The van der Waals surface area contributed by atoms with Gasteiger partial charge in [-0.3, -0.25) is 4.79 Å². The molecule has 0 aromatic heterocycles. The van der Waals surface area contributed by atoms with Gasteiger partial charge in [0.2, 0.25) is 0 Å². The Morgan fingerprint density at radius 3 is 2.48 bits per heavy atom. The maximum absolute atomic E-state index is 12.2. The van der Waals surface area contributed by atoms with Crippen LogP contribution in [0.4, 0.5) is 5.69 Å². The molecule has 3 heteroatoms. The van der Waals surface area contributed by atoms with E-state index >= 15 is 0 Å². The SMILES string of the molecule is CC[C@@H](C)c1ccc(OCC(=O)Nc2cccc3ccccc23)cc1.